The molecule has 1 heterocycles. The lowest BCUT2D eigenvalue weighted by Gasteiger charge is -2.13. The summed E-state index contributed by atoms with van der Waals surface area (Å²) in [4.78, 5) is 12.0. The van der Waals surface area contributed by atoms with Crippen LogP contribution in [0.5, 0.6) is 5.75 Å². The minimum Gasteiger partial charge on any atom is -0.486 e. The van der Waals surface area contributed by atoms with Crippen molar-refractivity contribution in [2.75, 3.05) is 12.4 Å². The van der Waals surface area contributed by atoms with Gasteiger partial charge in [0.2, 0.25) is 0 Å². The Morgan fingerprint density at radius 1 is 1.33 bits per heavy atom. The van der Waals surface area contributed by atoms with E-state index in [1.54, 1.807) is 12.1 Å². The van der Waals surface area contributed by atoms with Gasteiger partial charge in [0.05, 0.1) is 11.5 Å². The molecule has 1 unspecified atom stereocenters. The molecule has 3 rings (SSSR count). The number of fused-ring (bicyclic) bond motifs is 1. The lowest BCUT2D eigenvalue weighted by atomic mass is 10.0. The second-order valence-corrected chi connectivity index (χ2v) is 6.15. The largest absolute Gasteiger partial charge is 0.486 e. The number of hydrogen-bond donors (Lipinski definition) is 0. The number of rotatable bonds is 4. The van der Waals surface area contributed by atoms with E-state index < -0.39 is 0 Å². The third-order valence-corrected chi connectivity index (χ3v) is 4.80. The minimum atomic E-state index is -0.389. The number of nitro groups is 1. The summed E-state index contributed by atoms with van der Waals surface area (Å²) in [6.07, 6.45) is 0. The molecule has 108 valence electrons. The molecule has 4 nitrogen and oxygen atoms in total. The van der Waals surface area contributed by atoms with Crippen LogP contribution in [0, 0.1) is 17.0 Å². The van der Waals surface area contributed by atoms with Crippen LogP contribution in [0.4, 0.5) is 5.69 Å². The summed E-state index contributed by atoms with van der Waals surface area (Å²) in [5.41, 5.74) is 2.17. The number of benzene rings is 2. The van der Waals surface area contributed by atoms with Crippen LogP contribution in [-0.4, -0.2) is 17.3 Å². The molecule has 5 heteroatoms. The molecule has 0 radical (unpaired) electrons. The van der Waals surface area contributed by atoms with Crippen molar-refractivity contribution in [2.24, 2.45) is 0 Å². The molecule has 0 aromatic heterocycles. The van der Waals surface area contributed by atoms with Crippen LogP contribution in [0.25, 0.3) is 0 Å². The van der Waals surface area contributed by atoms with E-state index in [1.165, 1.54) is 10.5 Å². The smallest absolute Gasteiger partial charge is 0.311 e. The van der Waals surface area contributed by atoms with E-state index in [9.17, 15) is 10.1 Å². The first kappa shape index (κ1) is 13.9. The predicted molar refractivity (Wildman–Crippen MR) is 83.2 cm³/mol. The van der Waals surface area contributed by atoms with Gasteiger partial charge >= 0.3 is 5.69 Å². The number of aryl methyl sites for hydroxylation is 1. The molecule has 2 aromatic rings. The van der Waals surface area contributed by atoms with Gasteiger partial charge in [-0.3, -0.25) is 10.1 Å². The number of hydrogen-bond acceptors (Lipinski definition) is 4. The van der Waals surface area contributed by atoms with E-state index in [0.29, 0.717) is 12.4 Å². The summed E-state index contributed by atoms with van der Waals surface area (Å²) in [6.45, 7) is 2.30. The molecule has 1 atom stereocenters. The molecule has 0 amide bonds. The predicted octanol–water partition coefficient (Wildman–Crippen LogP) is 4.17. The number of ether oxygens (including phenoxy) is 1. The monoisotopic (exact) mass is 301 g/mol. The van der Waals surface area contributed by atoms with Gasteiger partial charge in [0.25, 0.3) is 0 Å². The Bertz CT molecular complexity index is 687. The van der Waals surface area contributed by atoms with Gasteiger partial charge in [0.15, 0.2) is 5.75 Å². The number of thioether (sulfide) groups is 1. The van der Waals surface area contributed by atoms with E-state index in [1.807, 2.05) is 36.9 Å². The molecule has 1 aliphatic heterocycles. The first-order valence-corrected chi connectivity index (χ1v) is 7.73. The summed E-state index contributed by atoms with van der Waals surface area (Å²) in [7, 11) is 0. The van der Waals surface area contributed by atoms with Gasteiger partial charge in [-0.25, -0.2) is 0 Å². The van der Waals surface area contributed by atoms with Gasteiger partial charge in [0, 0.05) is 22.6 Å². The molecule has 0 spiro atoms. The van der Waals surface area contributed by atoms with Gasteiger partial charge in [-0.1, -0.05) is 24.3 Å². The Morgan fingerprint density at radius 2 is 2.14 bits per heavy atom. The third-order valence-electron chi connectivity index (χ3n) is 3.55. The van der Waals surface area contributed by atoms with Crippen LogP contribution in [0.2, 0.25) is 0 Å². The van der Waals surface area contributed by atoms with Crippen molar-refractivity contribution in [3.05, 3.63) is 63.7 Å². The highest BCUT2D eigenvalue weighted by Gasteiger charge is 2.24. The van der Waals surface area contributed by atoms with Gasteiger partial charge in [-0.05, 0) is 30.2 Å². The average molecular weight is 301 g/mol. The van der Waals surface area contributed by atoms with E-state index in [4.69, 9.17) is 4.74 Å². The fourth-order valence-corrected chi connectivity index (χ4v) is 3.68. The van der Waals surface area contributed by atoms with Crippen LogP contribution >= 0.6 is 11.8 Å². The molecule has 0 bridgehead atoms. The highest BCUT2D eigenvalue weighted by atomic mass is 32.2. The van der Waals surface area contributed by atoms with Gasteiger partial charge < -0.3 is 4.74 Å². The topological polar surface area (TPSA) is 52.4 Å². The molecule has 1 aliphatic rings. The molecule has 21 heavy (non-hydrogen) atoms. The lowest BCUT2D eigenvalue weighted by Crippen LogP contribution is -2.10. The normalized spacial score (nSPS) is 16.5. The third kappa shape index (κ3) is 2.88. The average Bonchev–Trinajstić information content (AvgIpc) is 2.89. The molecule has 0 saturated heterocycles. The fourth-order valence-electron chi connectivity index (χ4n) is 2.45. The zero-order valence-corrected chi connectivity index (χ0v) is 12.4. The Morgan fingerprint density at radius 3 is 2.95 bits per heavy atom. The van der Waals surface area contributed by atoms with Crippen LogP contribution in [0.1, 0.15) is 17.0 Å². The Hall–Kier alpha value is -2.01. The highest BCUT2D eigenvalue weighted by Crippen LogP contribution is 2.40. The van der Waals surface area contributed by atoms with E-state index >= 15 is 0 Å². The first-order valence-electron chi connectivity index (χ1n) is 6.74. The summed E-state index contributed by atoms with van der Waals surface area (Å²) >= 11 is 1.81. The van der Waals surface area contributed by atoms with E-state index in [0.717, 1.165) is 11.3 Å². The number of nitro benzene ring substituents is 1. The van der Waals surface area contributed by atoms with Crippen molar-refractivity contribution in [3.63, 3.8) is 0 Å². The van der Waals surface area contributed by atoms with E-state index in [2.05, 4.69) is 12.1 Å². The van der Waals surface area contributed by atoms with Crippen molar-refractivity contribution >= 4 is 17.4 Å². The molecule has 0 aliphatic carbocycles. The Labute approximate surface area is 127 Å². The van der Waals surface area contributed by atoms with Crippen molar-refractivity contribution in [1.82, 2.24) is 0 Å². The number of nitrogens with zero attached hydrogens (tertiary/aromatic N) is 1. The van der Waals surface area contributed by atoms with Crippen molar-refractivity contribution in [1.29, 1.82) is 0 Å². The standard InChI is InChI=1S/C16H15NO3S/c1-11-6-7-15(14(8-11)17(18)19)20-9-12-10-21-16-5-3-2-4-13(12)16/h2-8,12H,9-10H2,1H3. The summed E-state index contributed by atoms with van der Waals surface area (Å²) < 4.78 is 5.74. The van der Waals surface area contributed by atoms with E-state index in [-0.39, 0.29) is 16.5 Å². The minimum absolute atomic E-state index is 0.0361. The van der Waals surface area contributed by atoms with Crippen LogP contribution in [0.15, 0.2) is 47.4 Å². The second-order valence-electron chi connectivity index (χ2n) is 5.09. The zero-order chi connectivity index (χ0) is 14.8. The first-order chi connectivity index (χ1) is 10.1. The quantitative estimate of drug-likeness (QED) is 0.628. The maximum atomic E-state index is 11.1. The summed E-state index contributed by atoms with van der Waals surface area (Å²) in [5.74, 6) is 1.59. The van der Waals surface area contributed by atoms with Crippen LogP contribution in [0.3, 0.4) is 0 Å². The van der Waals surface area contributed by atoms with Gasteiger partial charge in [0.1, 0.15) is 0 Å². The molecule has 0 N–H and O–H groups in total. The second kappa shape index (κ2) is 5.77. The molecule has 2 aromatic carbocycles. The maximum absolute atomic E-state index is 11.1. The maximum Gasteiger partial charge on any atom is 0.311 e. The summed E-state index contributed by atoms with van der Waals surface area (Å²) in [5, 5.41) is 11.1. The Balaban J connectivity index is 1.76. The van der Waals surface area contributed by atoms with Gasteiger partial charge in [-0.15, -0.1) is 11.8 Å². The Kier molecular flexibility index (Phi) is 3.84. The van der Waals surface area contributed by atoms with Crippen molar-refractivity contribution in [2.45, 2.75) is 17.7 Å². The fraction of sp³-hybridized carbons (Fsp3) is 0.250. The summed E-state index contributed by atoms with van der Waals surface area (Å²) in [6, 6.07) is 13.3. The van der Waals surface area contributed by atoms with Crippen molar-refractivity contribution in [3.8, 4) is 5.75 Å². The zero-order valence-electron chi connectivity index (χ0n) is 11.6. The SMILES string of the molecule is Cc1ccc(OCC2CSc3ccccc32)c([N+](=O)[O-])c1. The van der Waals surface area contributed by atoms with Crippen LogP contribution < -0.4 is 4.74 Å². The lowest BCUT2D eigenvalue weighted by molar-refractivity contribution is -0.385. The highest BCUT2D eigenvalue weighted by molar-refractivity contribution is 7.99. The molecule has 0 fully saturated rings. The van der Waals surface area contributed by atoms with Crippen LogP contribution in [-0.2, 0) is 0 Å². The van der Waals surface area contributed by atoms with Crippen molar-refractivity contribution < 1.29 is 9.66 Å². The molecular formula is C16H15NO3S. The molecular weight excluding hydrogens is 286 g/mol. The molecule has 0 saturated carbocycles. The van der Waals surface area contributed by atoms with Gasteiger partial charge in [-0.2, -0.15) is 0 Å².